The molecule has 28 heavy (non-hydrogen) atoms. The molecule has 0 fully saturated rings. The van der Waals surface area contributed by atoms with E-state index in [4.69, 9.17) is 4.74 Å². The highest BCUT2D eigenvalue weighted by Gasteiger charge is 2.15. The van der Waals surface area contributed by atoms with Gasteiger partial charge in [-0.3, -0.25) is 9.59 Å². The van der Waals surface area contributed by atoms with Crippen LogP contribution in [0.15, 0.2) is 46.9 Å². The highest BCUT2D eigenvalue weighted by Crippen LogP contribution is 2.29. The van der Waals surface area contributed by atoms with Crippen LogP contribution in [0.2, 0.25) is 0 Å². The minimum atomic E-state index is -0.330. The molecule has 0 spiro atoms. The molecule has 0 radical (unpaired) electrons. The van der Waals surface area contributed by atoms with Gasteiger partial charge in [-0.1, -0.05) is 39.0 Å². The van der Waals surface area contributed by atoms with Crippen molar-refractivity contribution < 1.29 is 14.3 Å². The van der Waals surface area contributed by atoms with Crippen LogP contribution < -0.4 is 15.4 Å². The first-order valence-electron chi connectivity index (χ1n) is 9.43. The number of hydrogen-bond acceptors (Lipinski definition) is 3. The lowest BCUT2D eigenvalue weighted by Gasteiger charge is -2.15. The number of carbonyl (C=O) groups is 2. The van der Waals surface area contributed by atoms with Crippen LogP contribution in [0.4, 0.5) is 5.69 Å². The first-order valence-corrected chi connectivity index (χ1v) is 10.2. The molecule has 0 saturated heterocycles. The van der Waals surface area contributed by atoms with Crippen molar-refractivity contribution in [1.29, 1.82) is 0 Å². The number of nitrogens with one attached hydrogen (secondary N) is 2. The fourth-order valence-electron chi connectivity index (χ4n) is 2.52. The molecule has 2 amide bonds. The van der Waals surface area contributed by atoms with E-state index in [-0.39, 0.29) is 24.5 Å². The summed E-state index contributed by atoms with van der Waals surface area (Å²) < 4.78 is 6.43. The van der Waals surface area contributed by atoms with Gasteiger partial charge in [0.15, 0.2) is 6.61 Å². The SMILES string of the molecule is CCC(C)NC(=O)c1ccccc1NC(=O)COc1ccc(C(C)C)cc1Br. The zero-order chi connectivity index (χ0) is 20.7. The van der Waals surface area contributed by atoms with Crippen LogP contribution >= 0.6 is 15.9 Å². The summed E-state index contributed by atoms with van der Waals surface area (Å²) in [5, 5.41) is 5.67. The van der Waals surface area contributed by atoms with Gasteiger partial charge in [0.1, 0.15) is 5.75 Å². The molecule has 1 atom stereocenters. The number of amides is 2. The van der Waals surface area contributed by atoms with Gasteiger partial charge in [0, 0.05) is 6.04 Å². The molecular formula is C22H27BrN2O3. The van der Waals surface area contributed by atoms with E-state index in [0.29, 0.717) is 22.9 Å². The first-order chi connectivity index (χ1) is 13.3. The van der Waals surface area contributed by atoms with Crippen molar-refractivity contribution in [2.45, 2.75) is 46.1 Å². The number of benzene rings is 2. The highest BCUT2D eigenvalue weighted by molar-refractivity contribution is 9.10. The van der Waals surface area contributed by atoms with Crippen LogP contribution in [-0.2, 0) is 4.79 Å². The first kappa shape index (κ1) is 22.0. The van der Waals surface area contributed by atoms with Gasteiger partial charge in [0.25, 0.3) is 11.8 Å². The van der Waals surface area contributed by atoms with E-state index in [0.717, 1.165) is 10.9 Å². The van der Waals surface area contributed by atoms with Crippen LogP contribution in [-0.4, -0.2) is 24.5 Å². The lowest BCUT2D eigenvalue weighted by molar-refractivity contribution is -0.118. The molecule has 0 aliphatic rings. The van der Waals surface area contributed by atoms with Crippen LogP contribution in [0.25, 0.3) is 0 Å². The van der Waals surface area contributed by atoms with Crippen molar-refractivity contribution in [2.75, 3.05) is 11.9 Å². The Balaban J connectivity index is 2.01. The van der Waals surface area contributed by atoms with Crippen molar-refractivity contribution >= 4 is 33.4 Å². The summed E-state index contributed by atoms with van der Waals surface area (Å²) in [4.78, 5) is 24.8. The molecule has 150 valence electrons. The molecule has 2 aromatic rings. The third-order valence-electron chi connectivity index (χ3n) is 4.42. The van der Waals surface area contributed by atoms with Crippen molar-refractivity contribution in [3.8, 4) is 5.75 Å². The Morgan fingerprint density at radius 2 is 1.82 bits per heavy atom. The van der Waals surface area contributed by atoms with Gasteiger partial charge in [-0.2, -0.15) is 0 Å². The summed E-state index contributed by atoms with van der Waals surface area (Å²) in [5.74, 6) is 0.468. The molecule has 0 aromatic heterocycles. The molecule has 2 rings (SSSR count). The summed E-state index contributed by atoms with van der Waals surface area (Å²) >= 11 is 3.48. The number of hydrogen-bond donors (Lipinski definition) is 2. The van der Waals surface area contributed by atoms with Crippen molar-refractivity contribution in [3.63, 3.8) is 0 Å². The second kappa shape index (κ2) is 10.3. The van der Waals surface area contributed by atoms with Gasteiger partial charge in [0.2, 0.25) is 0 Å². The van der Waals surface area contributed by atoms with Crippen molar-refractivity contribution in [1.82, 2.24) is 5.32 Å². The van der Waals surface area contributed by atoms with Crippen LogP contribution in [0.1, 0.15) is 56.0 Å². The van der Waals surface area contributed by atoms with Crippen LogP contribution in [0.3, 0.4) is 0 Å². The quantitative estimate of drug-likeness (QED) is 0.591. The van der Waals surface area contributed by atoms with Gasteiger partial charge in [-0.05, 0) is 65.0 Å². The summed E-state index contributed by atoms with van der Waals surface area (Å²) in [6, 6.07) is 12.8. The van der Waals surface area contributed by atoms with Crippen molar-refractivity contribution in [3.05, 3.63) is 58.1 Å². The topological polar surface area (TPSA) is 67.4 Å². The summed E-state index contributed by atoms with van der Waals surface area (Å²) in [6.45, 7) is 8.02. The Hall–Kier alpha value is -2.34. The molecule has 0 aliphatic carbocycles. The maximum Gasteiger partial charge on any atom is 0.262 e. The molecule has 0 heterocycles. The molecular weight excluding hydrogens is 420 g/mol. The smallest absolute Gasteiger partial charge is 0.262 e. The van der Waals surface area contributed by atoms with Gasteiger partial charge in [0.05, 0.1) is 15.7 Å². The third-order valence-corrected chi connectivity index (χ3v) is 5.04. The third kappa shape index (κ3) is 6.09. The molecule has 2 N–H and O–H groups in total. The van der Waals surface area contributed by atoms with E-state index in [1.54, 1.807) is 24.3 Å². The Morgan fingerprint density at radius 3 is 2.46 bits per heavy atom. The van der Waals surface area contributed by atoms with Gasteiger partial charge < -0.3 is 15.4 Å². The Labute approximate surface area is 175 Å². The second-order valence-corrected chi connectivity index (χ2v) is 7.86. The highest BCUT2D eigenvalue weighted by atomic mass is 79.9. The van der Waals surface area contributed by atoms with E-state index >= 15 is 0 Å². The zero-order valence-corrected chi connectivity index (χ0v) is 18.3. The molecule has 0 bridgehead atoms. The summed E-state index contributed by atoms with van der Waals surface area (Å²) in [5.41, 5.74) is 2.08. The number of carbonyl (C=O) groups excluding carboxylic acids is 2. The van der Waals surface area contributed by atoms with Crippen LogP contribution in [0, 0.1) is 0 Å². The number of rotatable bonds is 8. The molecule has 0 aliphatic heterocycles. The number of ether oxygens (including phenoxy) is 1. The predicted molar refractivity (Wildman–Crippen MR) is 116 cm³/mol. The zero-order valence-electron chi connectivity index (χ0n) is 16.7. The van der Waals surface area contributed by atoms with Gasteiger partial charge >= 0.3 is 0 Å². The van der Waals surface area contributed by atoms with E-state index < -0.39 is 0 Å². The number of halogens is 1. The van der Waals surface area contributed by atoms with E-state index in [9.17, 15) is 9.59 Å². The number of anilines is 1. The Kier molecular flexibility index (Phi) is 8.05. The molecule has 5 nitrogen and oxygen atoms in total. The summed E-state index contributed by atoms with van der Waals surface area (Å²) in [6.07, 6.45) is 0.832. The Bertz CT molecular complexity index is 836. The predicted octanol–water partition coefficient (Wildman–Crippen LogP) is 5.12. The minimum Gasteiger partial charge on any atom is -0.483 e. The Morgan fingerprint density at radius 1 is 1.11 bits per heavy atom. The molecule has 0 saturated carbocycles. The van der Waals surface area contributed by atoms with E-state index in [2.05, 4.69) is 40.4 Å². The molecule has 2 aromatic carbocycles. The van der Waals surface area contributed by atoms with E-state index in [1.807, 2.05) is 32.0 Å². The average molecular weight is 447 g/mol. The monoisotopic (exact) mass is 446 g/mol. The standard InChI is InChI=1S/C22H27BrN2O3/c1-5-15(4)24-22(27)17-8-6-7-9-19(17)25-21(26)13-28-20-11-10-16(14(2)3)12-18(20)23/h6-12,14-15H,5,13H2,1-4H3,(H,24,27)(H,25,26). The lowest BCUT2D eigenvalue weighted by atomic mass is 10.0. The minimum absolute atomic E-state index is 0.0609. The van der Waals surface area contributed by atoms with Crippen molar-refractivity contribution in [2.24, 2.45) is 0 Å². The largest absolute Gasteiger partial charge is 0.483 e. The van der Waals surface area contributed by atoms with Gasteiger partial charge in [-0.25, -0.2) is 0 Å². The summed E-state index contributed by atoms with van der Waals surface area (Å²) in [7, 11) is 0. The maximum atomic E-state index is 12.4. The van der Waals surface area contributed by atoms with E-state index in [1.165, 1.54) is 5.56 Å². The van der Waals surface area contributed by atoms with Crippen LogP contribution in [0.5, 0.6) is 5.75 Å². The fraction of sp³-hybridized carbons (Fsp3) is 0.364. The maximum absolute atomic E-state index is 12.4. The number of para-hydroxylation sites is 1. The fourth-order valence-corrected chi connectivity index (χ4v) is 3.03. The second-order valence-electron chi connectivity index (χ2n) is 7.01. The lowest BCUT2D eigenvalue weighted by Crippen LogP contribution is -2.33. The normalized spacial score (nSPS) is 11.8. The molecule has 6 heteroatoms. The van der Waals surface area contributed by atoms with Gasteiger partial charge in [-0.15, -0.1) is 0 Å². The average Bonchev–Trinajstić information content (AvgIpc) is 2.67. The molecule has 1 unspecified atom stereocenters.